The molecule has 1 amide bonds. The predicted molar refractivity (Wildman–Crippen MR) is 263 cm³/mol. The van der Waals surface area contributed by atoms with Crippen LogP contribution < -0.4 is 5.32 Å². The second-order valence-electron chi connectivity index (χ2n) is 19.7. The number of carbonyl (C=O) groups excluding carboxylic acids is 1. The first-order chi connectivity index (χ1) is 30.8. The third kappa shape index (κ3) is 35.1. The van der Waals surface area contributed by atoms with Crippen molar-refractivity contribution in [2.24, 2.45) is 0 Å². The molecule has 9 nitrogen and oxygen atoms in total. The van der Waals surface area contributed by atoms with Crippen LogP contribution in [0, 0.1) is 0 Å². The fourth-order valence-corrected chi connectivity index (χ4v) is 9.28. The molecule has 0 saturated carbocycles. The number of aliphatic hydroxyl groups is 5. The summed E-state index contributed by atoms with van der Waals surface area (Å²) < 4.78 is 11.3. The lowest BCUT2D eigenvalue weighted by atomic mass is 9.99. The lowest BCUT2D eigenvalue weighted by Crippen LogP contribution is -2.60. The second-order valence-corrected chi connectivity index (χ2v) is 19.7. The molecule has 0 bridgehead atoms. The van der Waals surface area contributed by atoms with Gasteiger partial charge >= 0.3 is 0 Å². The number of aliphatic hydroxyl groups excluding tert-OH is 5. The van der Waals surface area contributed by atoms with Gasteiger partial charge in [0.1, 0.15) is 24.4 Å². The van der Waals surface area contributed by atoms with Crippen molar-refractivity contribution in [2.45, 2.75) is 326 Å². The standard InChI is InChI=1S/C54H107NO8/c1-3-5-7-9-11-13-15-17-18-19-20-21-22-23-24-25-26-27-28-29-30-32-34-36-38-40-42-44-50(58)55-47(46-62-54-53(61)52(60)51(59)49(45-56)63-54)48(57)43-41-39-37-35-33-31-16-14-12-10-8-6-4-2/h47-49,51-54,56-57,59-61H,3-46H2,1-2H3,(H,55,58)/t47-,48+,49+,51-,52?,53?,54+/m0/s1. The van der Waals surface area contributed by atoms with E-state index in [1.807, 2.05) is 0 Å². The summed E-state index contributed by atoms with van der Waals surface area (Å²) in [5, 5.41) is 54.5. The molecule has 1 heterocycles. The van der Waals surface area contributed by atoms with Crippen LogP contribution in [-0.4, -0.2) is 87.5 Å². The van der Waals surface area contributed by atoms with Gasteiger partial charge in [-0.3, -0.25) is 4.79 Å². The Hall–Kier alpha value is -0.810. The third-order valence-electron chi connectivity index (χ3n) is 13.7. The lowest BCUT2D eigenvalue weighted by Gasteiger charge is -2.40. The molecule has 1 aliphatic rings. The molecule has 1 aliphatic heterocycles. The predicted octanol–water partition coefficient (Wildman–Crippen LogP) is 13.1. The molecule has 0 aromatic carbocycles. The molecular weight excluding hydrogens is 791 g/mol. The monoisotopic (exact) mass is 898 g/mol. The number of rotatable bonds is 48. The minimum Gasteiger partial charge on any atom is -0.394 e. The van der Waals surface area contributed by atoms with Gasteiger partial charge < -0.3 is 40.3 Å². The zero-order valence-electron chi connectivity index (χ0n) is 41.6. The van der Waals surface area contributed by atoms with Crippen molar-refractivity contribution >= 4 is 5.91 Å². The highest BCUT2D eigenvalue weighted by Gasteiger charge is 2.44. The van der Waals surface area contributed by atoms with E-state index in [9.17, 15) is 30.3 Å². The molecule has 0 aromatic rings. The van der Waals surface area contributed by atoms with Gasteiger partial charge in [-0.25, -0.2) is 0 Å². The summed E-state index contributed by atoms with van der Waals surface area (Å²) in [6, 6.07) is -0.712. The van der Waals surface area contributed by atoms with E-state index in [1.165, 1.54) is 218 Å². The molecule has 0 aliphatic carbocycles. The summed E-state index contributed by atoms with van der Waals surface area (Å²) in [6.07, 6.45) is 45.6. The number of unbranched alkanes of at least 4 members (excludes halogenated alkanes) is 38. The van der Waals surface area contributed by atoms with Crippen LogP contribution in [0.2, 0.25) is 0 Å². The summed E-state index contributed by atoms with van der Waals surface area (Å²) in [5.41, 5.74) is 0. The van der Waals surface area contributed by atoms with E-state index < -0.39 is 49.5 Å². The van der Waals surface area contributed by atoms with Crippen molar-refractivity contribution in [2.75, 3.05) is 13.2 Å². The van der Waals surface area contributed by atoms with Crippen molar-refractivity contribution in [1.29, 1.82) is 0 Å². The zero-order valence-corrected chi connectivity index (χ0v) is 41.6. The van der Waals surface area contributed by atoms with Crippen LogP contribution in [-0.2, 0) is 14.3 Å². The van der Waals surface area contributed by atoms with Gasteiger partial charge in [-0.2, -0.15) is 0 Å². The van der Waals surface area contributed by atoms with Crippen molar-refractivity contribution in [1.82, 2.24) is 5.32 Å². The Morgan fingerprint density at radius 2 is 0.794 bits per heavy atom. The Labute approximate surface area is 389 Å². The van der Waals surface area contributed by atoms with Gasteiger partial charge in [0.15, 0.2) is 6.29 Å². The molecule has 0 spiro atoms. The van der Waals surface area contributed by atoms with Crippen molar-refractivity contribution in [3.63, 3.8) is 0 Å². The van der Waals surface area contributed by atoms with E-state index in [2.05, 4.69) is 19.2 Å². The summed E-state index contributed by atoms with van der Waals surface area (Å²) >= 11 is 0. The number of nitrogens with one attached hydrogen (secondary N) is 1. The Morgan fingerprint density at radius 3 is 1.13 bits per heavy atom. The van der Waals surface area contributed by atoms with Crippen molar-refractivity contribution in [3.8, 4) is 0 Å². The third-order valence-corrected chi connectivity index (χ3v) is 13.7. The van der Waals surface area contributed by atoms with Crippen LogP contribution in [0.4, 0.5) is 0 Å². The van der Waals surface area contributed by atoms with Gasteiger partial charge in [-0.15, -0.1) is 0 Å². The molecule has 63 heavy (non-hydrogen) atoms. The fourth-order valence-electron chi connectivity index (χ4n) is 9.28. The van der Waals surface area contributed by atoms with E-state index in [4.69, 9.17) is 9.47 Å². The minimum atomic E-state index is -1.55. The maximum Gasteiger partial charge on any atom is 0.220 e. The summed E-state index contributed by atoms with van der Waals surface area (Å²) in [5.74, 6) is -0.138. The van der Waals surface area contributed by atoms with Crippen LogP contribution in [0.5, 0.6) is 0 Å². The highest BCUT2D eigenvalue weighted by Crippen LogP contribution is 2.23. The average molecular weight is 898 g/mol. The molecule has 6 N–H and O–H groups in total. The van der Waals surface area contributed by atoms with E-state index in [0.717, 1.165) is 38.5 Å². The molecular formula is C54H107NO8. The van der Waals surface area contributed by atoms with Crippen molar-refractivity contribution in [3.05, 3.63) is 0 Å². The normalized spacial score (nSPS) is 20.0. The summed E-state index contributed by atoms with van der Waals surface area (Å²) in [4.78, 5) is 13.0. The van der Waals surface area contributed by atoms with Gasteiger partial charge in [0.2, 0.25) is 5.91 Å². The molecule has 2 unspecified atom stereocenters. The summed E-state index contributed by atoms with van der Waals surface area (Å²) in [6.45, 7) is 3.87. The molecule has 0 aromatic heterocycles. The Balaban J connectivity index is 2.14. The smallest absolute Gasteiger partial charge is 0.220 e. The van der Waals surface area contributed by atoms with Gasteiger partial charge in [0.25, 0.3) is 0 Å². The quantitative estimate of drug-likeness (QED) is 0.0331. The first-order valence-corrected chi connectivity index (χ1v) is 27.7. The Kier molecular flexibility index (Phi) is 43.0. The number of ether oxygens (including phenoxy) is 2. The van der Waals surface area contributed by atoms with Crippen LogP contribution in [0.25, 0.3) is 0 Å². The Morgan fingerprint density at radius 1 is 0.476 bits per heavy atom. The molecule has 376 valence electrons. The van der Waals surface area contributed by atoms with Gasteiger partial charge in [-0.1, -0.05) is 264 Å². The molecule has 1 fully saturated rings. The SMILES string of the molecule is CCCCCCCCCCCCCCCCCCCCCCCCCCCCCC(=O)N[C@@H](CO[C@@H]1O[C@H](CO)[C@H](O)C(O)C1O)[C@H](O)CCCCCCCCCCCCCCC. The number of amides is 1. The highest BCUT2D eigenvalue weighted by molar-refractivity contribution is 5.76. The van der Waals surface area contributed by atoms with E-state index in [0.29, 0.717) is 12.8 Å². The molecule has 1 saturated heterocycles. The second kappa shape index (κ2) is 45.0. The van der Waals surface area contributed by atoms with Crippen molar-refractivity contribution < 1.29 is 39.8 Å². The van der Waals surface area contributed by atoms with Crippen LogP contribution in [0.15, 0.2) is 0 Å². The molecule has 7 atom stereocenters. The summed E-state index contributed by atoms with van der Waals surface area (Å²) in [7, 11) is 0. The number of hydrogen-bond donors (Lipinski definition) is 6. The molecule has 0 radical (unpaired) electrons. The van der Waals surface area contributed by atoms with Gasteiger partial charge in [0, 0.05) is 6.42 Å². The Bertz CT molecular complexity index is 955. The minimum absolute atomic E-state index is 0.131. The van der Waals surface area contributed by atoms with Crippen LogP contribution >= 0.6 is 0 Å². The van der Waals surface area contributed by atoms with E-state index >= 15 is 0 Å². The largest absolute Gasteiger partial charge is 0.394 e. The van der Waals surface area contributed by atoms with Crippen LogP contribution in [0.1, 0.15) is 284 Å². The lowest BCUT2D eigenvalue weighted by molar-refractivity contribution is -0.302. The molecule has 1 rings (SSSR count). The maximum atomic E-state index is 13.0. The maximum absolute atomic E-state index is 13.0. The van der Waals surface area contributed by atoms with Gasteiger partial charge in [0.05, 0.1) is 25.4 Å². The van der Waals surface area contributed by atoms with E-state index in [-0.39, 0.29) is 12.5 Å². The van der Waals surface area contributed by atoms with Crippen LogP contribution in [0.3, 0.4) is 0 Å². The van der Waals surface area contributed by atoms with E-state index in [1.54, 1.807) is 0 Å². The first-order valence-electron chi connectivity index (χ1n) is 27.7. The number of carbonyl (C=O) groups is 1. The zero-order chi connectivity index (χ0) is 45.9. The average Bonchev–Trinajstić information content (AvgIpc) is 3.28. The van der Waals surface area contributed by atoms with Gasteiger partial charge in [-0.05, 0) is 12.8 Å². The highest BCUT2D eigenvalue weighted by atomic mass is 16.7. The first kappa shape index (κ1) is 60.2. The topological polar surface area (TPSA) is 149 Å². The number of hydrogen-bond acceptors (Lipinski definition) is 8. The fraction of sp³-hybridized carbons (Fsp3) is 0.981. The molecule has 9 heteroatoms.